The quantitative estimate of drug-likeness (QED) is 0.353. The second-order valence-corrected chi connectivity index (χ2v) is 10.8. The van der Waals surface area contributed by atoms with E-state index in [1.54, 1.807) is 12.1 Å². The average Bonchev–Trinajstić information content (AvgIpc) is 2.89. The highest BCUT2D eigenvalue weighted by Crippen LogP contribution is 2.67. The van der Waals surface area contributed by atoms with Gasteiger partial charge in [-0.2, -0.15) is 0 Å². The van der Waals surface area contributed by atoms with Gasteiger partial charge < -0.3 is 20.4 Å². The zero-order valence-electron chi connectivity index (χ0n) is 15.6. The van der Waals surface area contributed by atoms with Crippen LogP contribution in [0.1, 0.15) is 62.8 Å². The predicted octanol–water partition coefficient (Wildman–Crippen LogP) is 5.68. The molecule has 6 heteroatoms. The molecular weight excluding hydrogens is 476 g/mol. The van der Waals surface area contributed by atoms with Crippen LogP contribution in [0.5, 0.6) is 23.0 Å². The van der Waals surface area contributed by atoms with Gasteiger partial charge in [-0.25, -0.2) is 0 Å². The highest BCUT2D eigenvalue weighted by molar-refractivity contribution is 9.11. The Morgan fingerprint density at radius 2 is 1.04 bits per heavy atom. The van der Waals surface area contributed by atoms with Gasteiger partial charge in [0.05, 0.1) is 8.95 Å². The number of rotatable bonds is 0. The van der Waals surface area contributed by atoms with Crippen LogP contribution in [-0.2, 0) is 16.2 Å². The van der Waals surface area contributed by atoms with Gasteiger partial charge in [-0.1, -0.05) is 27.7 Å². The molecule has 0 aromatic heterocycles. The SMILES string of the molecule is CC1(C)CC2(CC(C)(C)c3cc(O)c(O)c(Br)c32)c2c1cc(O)c(O)c2Br. The van der Waals surface area contributed by atoms with Crippen LogP contribution in [0.25, 0.3) is 0 Å². The van der Waals surface area contributed by atoms with Gasteiger partial charge in [-0.15, -0.1) is 0 Å². The van der Waals surface area contributed by atoms with Gasteiger partial charge in [0.2, 0.25) is 0 Å². The Bertz CT molecular complexity index is 927. The van der Waals surface area contributed by atoms with Crippen LogP contribution >= 0.6 is 31.9 Å². The van der Waals surface area contributed by atoms with E-state index in [1.807, 2.05) is 0 Å². The molecule has 2 aromatic carbocycles. The average molecular weight is 498 g/mol. The molecule has 4 N–H and O–H groups in total. The topological polar surface area (TPSA) is 80.9 Å². The lowest BCUT2D eigenvalue weighted by molar-refractivity contribution is 0.347. The van der Waals surface area contributed by atoms with Gasteiger partial charge in [0.15, 0.2) is 23.0 Å². The third-order valence-electron chi connectivity index (χ3n) is 6.34. The fraction of sp³-hybridized carbons (Fsp3) is 0.429. The molecule has 0 aliphatic heterocycles. The van der Waals surface area contributed by atoms with Crippen LogP contribution in [0, 0.1) is 0 Å². The minimum atomic E-state index is -0.467. The summed E-state index contributed by atoms with van der Waals surface area (Å²) in [5.74, 6) is -0.626. The van der Waals surface area contributed by atoms with Crippen molar-refractivity contribution in [2.45, 2.75) is 56.8 Å². The van der Waals surface area contributed by atoms with Gasteiger partial charge >= 0.3 is 0 Å². The lowest BCUT2D eigenvalue weighted by Crippen LogP contribution is -2.27. The smallest absolute Gasteiger partial charge is 0.172 e. The van der Waals surface area contributed by atoms with Crippen molar-refractivity contribution < 1.29 is 20.4 Å². The molecule has 0 bridgehead atoms. The van der Waals surface area contributed by atoms with Gasteiger partial charge in [0, 0.05) is 5.41 Å². The van der Waals surface area contributed by atoms with Crippen molar-refractivity contribution in [3.63, 3.8) is 0 Å². The normalized spacial score (nSPS) is 20.7. The van der Waals surface area contributed by atoms with Crippen LogP contribution in [-0.4, -0.2) is 20.4 Å². The first kappa shape index (κ1) is 18.9. The Balaban J connectivity index is 2.16. The summed E-state index contributed by atoms with van der Waals surface area (Å²) in [5, 5.41) is 41.3. The number of halogens is 2. The minimum absolute atomic E-state index is 0.143. The molecule has 1 spiro atoms. The highest BCUT2D eigenvalue weighted by Gasteiger charge is 2.58. The number of aromatic hydroxyl groups is 4. The highest BCUT2D eigenvalue weighted by atomic mass is 79.9. The van der Waals surface area contributed by atoms with Crippen molar-refractivity contribution in [2.75, 3.05) is 0 Å². The van der Waals surface area contributed by atoms with E-state index in [4.69, 9.17) is 0 Å². The van der Waals surface area contributed by atoms with Crippen molar-refractivity contribution in [3.05, 3.63) is 43.3 Å². The first-order chi connectivity index (χ1) is 12.3. The number of phenols is 4. The lowest BCUT2D eigenvalue weighted by Gasteiger charge is -2.31. The van der Waals surface area contributed by atoms with Crippen molar-refractivity contribution >= 4 is 31.9 Å². The van der Waals surface area contributed by atoms with Crippen molar-refractivity contribution in [1.82, 2.24) is 0 Å². The summed E-state index contributed by atoms with van der Waals surface area (Å²) >= 11 is 7.06. The van der Waals surface area contributed by atoms with Crippen molar-refractivity contribution in [1.29, 1.82) is 0 Å². The fourth-order valence-corrected chi connectivity index (χ4v) is 7.09. The molecule has 4 nitrogen and oxygen atoms in total. The molecule has 0 saturated carbocycles. The van der Waals surface area contributed by atoms with E-state index in [-0.39, 0.29) is 33.8 Å². The first-order valence-corrected chi connectivity index (χ1v) is 10.4. The van der Waals surface area contributed by atoms with E-state index in [2.05, 4.69) is 59.6 Å². The maximum absolute atomic E-state index is 10.4. The molecule has 0 unspecified atom stereocenters. The van der Waals surface area contributed by atoms with Gasteiger partial charge in [-0.3, -0.25) is 0 Å². The molecule has 0 fully saturated rings. The number of benzene rings is 2. The van der Waals surface area contributed by atoms with E-state index < -0.39 is 5.41 Å². The molecule has 27 heavy (non-hydrogen) atoms. The van der Waals surface area contributed by atoms with E-state index in [0.717, 1.165) is 35.1 Å². The summed E-state index contributed by atoms with van der Waals surface area (Å²) in [6.07, 6.45) is 1.52. The Morgan fingerprint density at radius 1 is 0.704 bits per heavy atom. The summed E-state index contributed by atoms with van der Waals surface area (Å²) in [7, 11) is 0. The Kier molecular flexibility index (Phi) is 3.75. The molecule has 0 saturated heterocycles. The number of hydrogen-bond donors (Lipinski definition) is 4. The van der Waals surface area contributed by atoms with E-state index in [0.29, 0.717) is 8.95 Å². The van der Waals surface area contributed by atoms with Gasteiger partial charge in [0.1, 0.15) is 0 Å². The maximum atomic E-state index is 10.4. The summed E-state index contributed by atoms with van der Waals surface area (Å²) in [6.45, 7) is 8.51. The Labute approximate surface area is 175 Å². The molecule has 0 radical (unpaired) electrons. The zero-order chi connectivity index (χ0) is 20.1. The minimum Gasteiger partial charge on any atom is -0.504 e. The van der Waals surface area contributed by atoms with E-state index in [1.165, 1.54) is 0 Å². The number of phenolic OH excluding ortho intramolecular Hbond substituents is 4. The van der Waals surface area contributed by atoms with E-state index in [9.17, 15) is 20.4 Å². The second-order valence-electron chi connectivity index (χ2n) is 9.17. The number of fused-ring (bicyclic) bond motifs is 4. The molecule has 0 amide bonds. The van der Waals surface area contributed by atoms with Crippen LogP contribution in [0.2, 0.25) is 0 Å². The van der Waals surface area contributed by atoms with Gasteiger partial charge in [-0.05, 0) is 89.9 Å². The van der Waals surface area contributed by atoms with Gasteiger partial charge in [0.25, 0.3) is 0 Å². The molecule has 0 atom stereocenters. The maximum Gasteiger partial charge on any atom is 0.172 e. The Morgan fingerprint density at radius 3 is 1.37 bits per heavy atom. The van der Waals surface area contributed by atoms with Crippen LogP contribution < -0.4 is 0 Å². The van der Waals surface area contributed by atoms with E-state index >= 15 is 0 Å². The lowest BCUT2D eigenvalue weighted by atomic mass is 9.72. The van der Waals surface area contributed by atoms with Crippen molar-refractivity contribution in [3.8, 4) is 23.0 Å². The van der Waals surface area contributed by atoms with Crippen LogP contribution in [0.3, 0.4) is 0 Å². The summed E-state index contributed by atoms with van der Waals surface area (Å²) < 4.78 is 0.984. The zero-order valence-corrected chi connectivity index (χ0v) is 18.8. The van der Waals surface area contributed by atoms with Crippen LogP contribution in [0.4, 0.5) is 0 Å². The molecule has 4 rings (SSSR count). The molecule has 2 aliphatic carbocycles. The summed E-state index contributed by atoms with van der Waals surface area (Å²) in [4.78, 5) is 0. The number of hydrogen-bond acceptors (Lipinski definition) is 4. The summed E-state index contributed by atoms with van der Waals surface area (Å²) in [5.41, 5.74) is 2.90. The molecule has 2 aliphatic rings. The van der Waals surface area contributed by atoms with Crippen molar-refractivity contribution in [2.24, 2.45) is 0 Å². The molecule has 0 heterocycles. The molecule has 2 aromatic rings. The standard InChI is InChI=1S/C21H22Br2O4/c1-19(2)7-21(13-9(19)5-11(24)17(26)15(13)22)8-20(3,4)10-6-12(25)18(27)16(23)14(10)21/h5-6,24-27H,7-8H2,1-4H3. The van der Waals surface area contributed by atoms with Crippen LogP contribution in [0.15, 0.2) is 21.1 Å². The molecular formula is C21H22Br2O4. The largest absolute Gasteiger partial charge is 0.504 e. The third kappa shape index (κ3) is 2.26. The Hall–Kier alpha value is -1.40. The predicted molar refractivity (Wildman–Crippen MR) is 111 cm³/mol. The monoisotopic (exact) mass is 496 g/mol. The third-order valence-corrected chi connectivity index (χ3v) is 7.89. The second kappa shape index (κ2) is 5.35. The first-order valence-electron chi connectivity index (χ1n) is 8.84. The fourth-order valence-electron chi connectivity index (χ4n) is 5.50. The molecule has 144 valence electrons. The summed E-state index contributed by atoms with van der Waals surface area (Å²) in [6, 6.07) is 3.31.